The Morgan fingerprint density at radius 2 is 2.16 bits per heavy atom. The highest BCUT2D eigenvalue weighted by atomic mass is 16.1. The Bertz CT molecular complexity index is 378. The molecule has 0 atom stereocenters. The van der Waals surface area contributed by atoms with Crippen LogP contribution in [0.4, 0.5) is 5.82 Å². The van der Waals surface area contributed by atoms with Gasteiger partial charge in [0.25, 0.3) is 0 Å². The van der Waals surface area contributed by atoms with Gasteiger partial charge >= 0.3 is 0 Å². The van der Waals surface area contributed by atoms with Crippen molar-refractivity contribution < 1.29 is 4.79 Å². The summed E-state index contributed by atoms with van der Waals surface area (Å²) in [5, 5.41) is 5.91. The first-order valence-corrected chi connectivity index (χ1v) is 6.82. The molecule has 5 nitrogen and oxygen atoms in total. The fourth-order valence-corrected chi connectivity index (χ4v) is 1.77. The van der Waals surface area contributed by atoms with Crippen LogP contribution in [0.3, 0.4) is 0 Å². The van der Waals surface area contributed by atoms with E-state index in [1.54, 1.807) is 7.05 Å². The first kappa shape index (κ1) is 15.4. The van der Waals surface area contributed by atoms with E-state index in [1.165, 1.54) is 0 Å². The Labute approximate surface area is 115 Å². The predicted octanol–water partition coefficient (Wildman–Crippen LogP) is 1.15. The molecular weight excluding hydrogens is 240 g/mol. The molecule has 0 radical (unpaired) electrons. The van der Waals surface area contributed by atoms with E-state index in [9.17, 15) is 4.79 Å². The lowest BCUT2D eigenvalue weighted by atomic mass is 10.2. The SMILES string of the molecule is CCCN(CC(=O)NC)c1ccc(CNCC)cn1. The van der Waals surface area contributed by atoms with E-state index < -0.39 is 0 Å². The maximum Gasteiger partial charge on any atom is 0.239 e. The van der Waals surface area contributed by atoms with Crippen molar-refractivity contribution in [1.29, 1.82) is 0 Å². The van der Waals surface area contributed by atoms with Gasteiger partial charge in [-0.05, 0) is 24.6 Å². The van der Waals surface area contributed by atoms with Crippen molar-refractivity contribution in [2.45, 2.75) is 26.8 Å². The minimum Gasteiger partial charge on any atom is -0.358 e. The summed E-state index contributed by atoms with van der Waals surface area (Å²) in [5.41, 5.74) is 1.15. The van der Waals surface area contributed by atoms with Crippen molar-refractivity contribution in [3.8, 4) is 0 Å². The van der Waals surface area contributed by atoms with Gasteiger partial charge in [0.1, 0.15) is 5.82 Å². The van der Waals surface area contributed by atoms with Crippen LogP contribution < -0.4 is 15.5 Å². The van der Waals surface area contributed by atoms with Crippen LogP contribution in [0.5, 0.6) is 0 Å². The number of hydrogen-bond donors (Lipinski definition) is 2. The van der Waals surface area contributed by atoms with E-state index in [2.05, 4.69) is 35.5 Å². The zero-order valence-corrected chi connectivity index (χ0v) is 12.1. The van der Waals surface area contributed by atoms with Crippen LogP contribution in [0.2, 0.25) is 0 Å². The average Bonchev–Trinajstić information content (AvgIpc) is 2.45. The van der Waals surface area contributed by atoms with Gasteiger partial charge in [-0.3, -0.25) is 4.79 Å². The molecule has 0 aliphatic heterocycles. The summed E-state index contributed by atoms with van der Waals surface area (Å²) in [6.45, 7) is 7.12. The smallest absolute Gasteiger partial charge is 0.239 e. The van der Waals surface area contributed by atoms with E-state index in [-0.39, 0.29) is 5.91 Å². The minimum atomic E-state index is 0.00646. The lowest BCUT2D eigenvalue weighted by molar-refractivity contribution is -0.119. The van der Waals surface area contributed by atoms with E-state index >= 15 is 0 Å². The first-order valence-electron chi connectivity index (χ1n) is 6.82. The van der Waals surface area contributed by atoms with E-state index in [0.717, 1.165) is 37.4 Å². The number of pyridine rings is 1. The van der Waals surface area contributed by atoms with Crippen LogP contribution in [0.25, 0.3) is 0 Å². The largest absolute Gasteiger partial charge is 0.358 e. The Hall–Kier alpha value is -1.62. The summed E-state index contributed by atoms with van der Waals surface area (Å²) < 4.78 is 0. The van der Waals surface area contributed by atoms with Gasteiger partial charge in [0.05, 0.1) is 6.54 Å². The molecule has 5 heteroatoms. The zero-order chi connectivity index (χ0) is 14.1. The lowest BCUT2D eigenvalue weighted by Gasteiger charge is -2.22. The van der Waals surface area contributed by atoms with Crippen molar-refractivity contribution in [3.05, 3.63) is 23.9 Å². The van der Waals surface area contributed by atoms with Crippen LogP contribution in [0.15, 0.2) is 18.3 Å². The molecule has 0 spiro atoms. The molecule has 1 amide bonds. The number of rotatable bonds is 8. The molecule has 19 heavy (non-hydrogen) atoms. The number of carbonyl (C=O) groups is 1. The molecule has 0 aliphatic rings. The summed E-state index contributed by atoms with van der Waals surface area (Å²) in [4.78, 5) is 17.9. The fourth-order valence-electron chi connectivity index (χ4n) is 1.77. The second-order valence-corrected chi connectivity index (χ2v) is 4.40. The number of carbonyl (C=O) groups excluding carboxylic acids is 1. The molecule has 1 aromatic heterocycles. The predicted molar refractivity (Wildman–Crippen MR) is 78.2 cm³/mol. The Balaban J connectivity index is 2.70. The Morgan fingerprint density at radius 1 is 1.37 bits per heavy atom. The molecule has 0 bridgehead atoms. The van der Waals surface area contributed by atoms with Gasteiger partial charge in [-0.25, -0.2) is 4.98 Å². The third kappa shape index (κ3) is 5.26. The number of nitrogens with one attached hydrogen (secondary N) is 2. The molecule has 0 fully saturated rings. The molecule has 1 rings (SSSR count). The van der Waals surface area contributed by atoms with Crippen molar-refractivity contribution >= 4 is 11.7 Å². The second kappa shape index (κ2) is 8.48. The van der Waals surface area contributed by atoms with Gasteiger partial charge in [-0.2, -0.15) is 0 Å². The summed E-state index contributed by atoms with van der Waals surface area (Å²) >= 11 is 0. The molecule has 1 aromatic rings. The highest BCUT2D eigenvalue weighted by Crippen LogP contribution is 2.11. The van der Waals surface area contributed by atoms with Gasteiger partial charge in [-0.15, -0.1) is 0 Å². The molecule has 2 N–H and O–H groups in total. The van der Waals surface area contributed by atoms with Gasteiger partial charge in [0.2, 0.25) is 5.91 Å². The number of nitrogens with zero attached hydrogens (tertiary/aromatic N) is 2. The topological polar surface area (TPSA) is 57.3 Å². The summed E-state index contributed by atoms with van der Waals surface area (Å²) in [6, 6.07) is 4.03. The molecule has 0 aromatic carbocycles. The van der Waals surface area contributed by atoms with E-state index in [4.69, 9.17) is 0 Å². The standard InChI is InChI=1S/C14H24N4O/c1-4-8-18(11-14(19)15-3)13-7-6-12(10-17-13)9-16-5-2/h6-7,10,16H,4-5,8-9,11H2,1-3H3,(H,15,19). The highest BCUT2D eigenvalue weighted by molar-refractivity contribution is 5.80. The summed E-state index contributed by atoms with van der Waals surface area (Å²) in [7, 11) is 1.65. The maximum absolute atomic E-state index is 11.5. The highest BCUT2D eigenvalue weighted by Gasteiger charge is 2.10. The first-order chi connectivity index (χ1) is 9.21. The van der Waals surface area contributed by atoms with Crippen LogP contribution in [0, 0.1) is 0 Å². The molecule has 1 heterocycles. The van der Waals surface area contributed by atoms with Crippen LogP contribution in [-0.2, 0) is 11.3 Å². The second-order valence-electron chi connectivity index (χ2n) is 4.40. The number of hydrogen-bond acceptors (Lipinski definition) is 4. The van der Waals surface area contributed by atoms with Crippen molar-refractivity contribution in [2.75, 3.05) is 31.6 Å². The van der Waals surface area contributed by atoms with Crippen molar-refractivity contribution in [2.24, 2.45) is 0 Å². The minimum absolute atomic E-state index is 0.00646. The summed E-state index contributed by atoms with van der Waals surface area (Å²) in [5.74, 6) is 0.859. The van der Waals surface area contributed by atoms with E-state index in [1.807, 2.05) is 17.2 Å². The number of amides is 1. The Morgan fingerprint density at radius 3 is 2.68 bits per heavy atom. The quantitative estimate of drug-likeness (QED) is 0.739. The van der Waals surface area contributed by atoms with Gasteiger partial charge in [0, 0.05) is 26.3 Å². The number of anilines is 1. The van der Waals surface area contributed by atoms with Crippen LogP contribution in [-0.4, -0.2) is 37.6 Å². The third-order valence-corrected chi connectivity index (χ3v) is 2.82. The molecular formula is C14H24N4O. The fraction of sp³-hybridized carbons (Fsp3) is 0.571. The molecule has 0 saturated heterocycles. The normalized spacial score (nSPS) is 10.3. The zero-order valence-electron chi connectivity index (χ0n) is 12.1. The van der Waals surface area contributed by atoms with Gasteiger partial charge in [-0.1, -0.05) is 19.9 Å². The molecule has 0 unspecified atom stereocenters. The maximum atomic E-state index is 11.5. The summed E-state index contributed by atoms with van der Waals surface area (Å²) in [6.07, 6.45) is 2.85. The molecule has 0 saturated carbocycles. The average molecular weight is 264 g/mol. The van der Waals surface area contributed by atoms with Crippen molar-refractivity contribution in [3.63, 3.8) is 0 Å². The monoisotopic (exact) mass is 264 g/mol. The Kier molecular flexibility index (Phi) is 6.89. The van der Waals surface area contributed by atoms with E-state index in [0.29, 0.717) is 6.54 Å². The van der Waals surface area contributed by atoms with Crippen molar-refractivity contribution in [1.82, 2.24) is 15.6 Å². The number of likely N-dealkylation sites (N-methyl/N-ethyl adjacent to an activating group) is 1. The van der Waals surface area contributed by atoms with Crippen LogP contribution >= 0.6 is 0 Å². The molecule has 0 aliphatic carbocycles. The van der Waals surface area contributed by atoms with Gasteiger partial charge < -0.3 is 15.5 Å². The lowest BCUT2D eigenvalue weighted by Crippen LogP contribution is -2.36. The van der Waals surface area contributed by atoms with Gasteiger partial charge in [0.15, 0.2) is 0 Å². The van der Waals surface area contributed by atoms with Crippen LogP contribution in [0.1, 0.15) is 25.8 Å². The molecule has 106 valence electrons. The third-order valence-electron chi connectivity index (χ3n) is 2.82. The number of aromatic nitrogens is 1.